The summed E-state index contributed by atoms with van der Waals surface area (Å²) in [4.78, 5) is 0. The van der Waals surface area contributed by atoms with Crippen molar-refractivity contribution in [2.24, 2.45) is 0 Å². The molecule has 0 aliphatic carbocycles. The Balaban J connectivity index is 2.84. The fraction of sp³-hybridized carbons (Fsp3) is 1.00. The summed E-state index contributed by atoms with van der Waals surface area (Å²) in [6, 6.07) is 0. The first kappa shape index (κ1) is 14.2. The predicted octanol–water partition coefficient (Wildman–Crippen LogP) is 3.62. The van der Waals surface area contributed by atoms with Crippen molar-refractivity contribution in [3.63, 3.8) is 0 Å². The number of rotatable bonds is 9. The molecule has 0 saturated heterocycles. The molecule has 0 radical (unpaired) electrons. The smallest absolute Gasteiger partial charge is 0.316 e. The van der Waals surface area contributed by atoms with Crippen LogP contribution in [-0.4, -0.2) is 11.0 Å². The number of hydrogen-bond acceptors (Lipinski definition) is 1. The molecule has 13 heavy (non-hydrogen) atoms. The van der Waals surface area contributed by atoms with Crippen molar-refractivity contribution in [1.82, 2.24) is 5.23 Å². The molecule has 1 N–H and O–H groups in total. The minimum absolute atomic E-state index is 0.540. The molecule has 0 aromatic rings. The van der Waals surface area contributed by atoms with Gasteiger partial charge in [0.1, 0.15) is 0 Å². The second kappa shape index (κ2) is 11.3. The van der Waals surface area contributed by atoms with E-state index in [1.165, 1.54) is 51.5 Å². The van der Waals surface area contributed by atoms with Gasteiger partial charge in [-0.1, -0.05) is 45.4 Å². The largest absolute Gasteiger partial charge is 0.343 e. The first-order chi connectivity index (χ1) is 6.27. The van der Waals surface area contributed by atoms with Crippen molar-refractivity contribution in [3.8, 4) is 0 Å². The molecular weight excluding hydrogens is 291 g/mol. The fourth-order valence-corrected chi connectivity index (χ4v) is 1.80. The van der Waals surface area contributed by atoms with Gasteiger partial charge in [0.15, 0.2) is 0 Å². The Kier molecular flexibility index (Phi) is 12.3. The topological polar surface area (TPSA) is 12.0 Å². The Labute approximate surface area is 99.3 Å². The monoisotopic (exact) mass is 313 g/mol. The van der Waals surface area contributed by atoms with Crippen LogP contribution >= 0.6 is 31.5 Å². The van der Waals surface area contributed by atoms with Gasteiger partial charge < -0.3 is 5.23 Å². The Morgan fingerprint density at radius 1 is 1.08 bits per heavy atom. The van der Waals surface area contributed by atoms with Crippen molar-refractivity contribution >= 4 is 35.9 Å². The van der Waals surface area contributed by atoms with E-state index in [0.29, 0.717) is 4.42 Å². The fourth-order valence-electron chi connectivity index (χ4n) is 1.32. The van der Waals surface area contributed by atoms with Crippen LogP contribution in [0.2, 0.25) is 0 Å². The van der Waals surface area contributed by atoms with Crippen LogP contribution in [0.25, 0.3) is 0 Å². The molecule has 0 heterocycles. The van der Waals surface area contributed by atoms with E-state index in [1.807, 2.05) is 0 Å². The van der Waals surface area contributed by atoms with E-state index < -0.39 is 0 Å². The molecule has 4 heteroatoms. The van der Waals surface area contributed by atoms with Crippen LogP contribution in [0, 0.1) is 0 Å². The van der Waals surface area contributed by atoms with Gasteiger partial charge in [0.25, 0.3) is 0 Å². The predicted molar refractivity (Wildman–Crippen MR) is 75.5 cm³/mol. The average molecular weight is 313 g/mol. The zero-order chi connectivity index (χ0) is 9.94. The van der Waals surface area contributed by atoms with Crippen molar-refractivity contribution in [2.45, 2.75) is 51.9 Å². The first-order valence-corrected chi connectivity index (χ1v) is 7.31. The Morgan fingerprint density at radius 3 is 2.15 bits per heavy atom. The molecule has 0 bridgehead atoms. The third kappa shape index (κ3) is 13.2. The van der Waals surface area contributed by atoms with Gasteiger partial charge in [-0.2, -0.15) is 0 Å². The van der Waals surface area contributed by atoms with Gasteiger partial charge in [0, 0.05) is 0 Å². The second-order valence-electron chi connectivity index (χ2n) is 3.48. The number of unbranched alkanes of at least 4 members (excludes halogenated alkanes) is 6. The van der Waals surface area contributed by atoms with Crippen molar-refractivity contribution in [2.75, 3.05) is 6.54 Å². The molecule has 78 valence electrons. The lowest BCUT2D eigenvalue weighted by atomic mass is 10.1. The van der Waals surface area contributed by atoms with E-state index in [2.05, 4.69) is 43.6 Å². The molecule has 0 aliphatic heterocycles. The highest BCUT2D eigenvalue weighted by Crippen LogP contribution is 2.06. The van der Waals surface area contributed by atoms with E-state index in [1.54, 1.807) is 0 Å². The number of halogens is 1. The SMILES string of the molecule is CCCCCCCCCNB(P)I. The lowest BCUT2D eigenvalue weighted by Crippen LogP contribution is -2.22. The summed E-state index contributed by atoms with van der Waals surface area (Å²) in [6.45, 7) is 3.44. The van der Waals surface area contributed by atoms with Crippen molar-refractivity contribution in [1.29, 1.82) is 0 Å². The maximum Gasteiger partial charge on any atom is 0.316 e. The summed E-state index contributed by atoms with van der Waals surface area (Å²) in [5.74, 6) is 0. The second-order valence-corrected chi connectivity index (χ2v) is 6.84. The standard InChI is InChI=1S/C9H22BINP/c1-2-3-4-5-6-7-8-9-12-10(11)13/h12H,2-9,13H2,1H3. The molecule has 0 saturated carbocycles. The third-order valence-corrected chi connectivity index (χ3v) is 2.80. The lowest BCUT2D eigenvalue weighted by molar-refractivity contribution is 0.587. The normalized spacial score (nSPS) is 10.4. The average Bonchev–Trinajstić information content (AvgIpc) is 2.09. The maximum atomic E-state index is 3.40. The van der Waals surface area contributed by atoms with E-state index in [4.69, 9.17) is 0 Å². The molecule has 0 aromatic heterocycles. The molecule has 1 atom stereocenters. The van der Waals surface area contributed by atoms with Crippen LogP contribution < -0.4 is 5.23 Å². The lowest BCUT2D eigenvalue weighted by Gasteiger charge is -2.03. The van der Waals surface area contributed by atoms with Crippen molar-refractivity contribution in [3.05, 3.63) is 0 Å². The highest BCUT2D eigenvalue weighted by Gasteiger charge is 1.98. The highest BCUT2D eigenvalue weighted by atomic mass is 127. The van der Waals surface area contributed by atoms with E-state index >= 15 is 0 Å². The van der Waals surface area contributed by atoms with Gasteiger partial charge in [-0.05, 0) is 13.0 Å². The minimum atomic E-state index is 0.540. The first-order valence-electron chi connectivity index (χ1n) is 5.40. The van der Waals surface area contributed by atoms with Gasteiger partial charge in [-0.15, -0.1) is 31.5 Å². The highest BCUT2D eigenvalue weighted by molar-refractivity contribution is 14.1. The number of nitrogens with one attached hydrogen (secondary N) is 1. The summed E-state index contributed by atoms with van der Waals surface area (Å²) in [5.41, 5.74) is 0. The van der Waals surface area contributed by atoms with Gasteiger partial charge in [-0.3, -0.25) is 0 Å². The quantitative estimate of drug-likeness (QED) is 0.297. The van der Waals surface area contributed by atoms with E-state index in [0.717, 1.165) is 0 Å². The van der Waals surface area contributed by atoms with Gasteiger partial charge in [-0.25, -0.2) is 0 Å². The van der Waals surface area contributed by atoms with Crippen LogP contribution in [0.15, 0.2) is 0 Å². The van der Waals surface area contributed by atoms with Crippen LogP contribution in [0.5, 0.6) is 0 Å². The Bertz CT molecular complexity index is 104. The van der Waals surface area contributed by atoms with Gasteiger partial charge >= 0.3 is 4.42 Å². The zero-order valence-electron chi connectivity index (χ0n) is 8.69. The summed E-state index contributed by atoms with van der Waals surface area (Å²) in [6.07, 6.45) is 9.78. The molecule has 0 amide bonds. The summed E-state index contributed by atoms with van der Waals surface area (Å²) >= 11 is 2.37. The molecule has 0 aliphatic rings. The van der Waals surface area contributed by atoms with Crippen LogP contribution in [0.3, 0.4) is 0 Å². The van der Waals surface area contributed by atoms with Crippen LogP contribution in [0.1, 0.15) is 51.9 Å². The van der Waals surface area contributed by atoms with Crippen LogP contribution in [-0.2, 0) is 0 Å². The molecule has 0 rings (SSSR count). The molecular formula is C9H22BINP. The summed E-state index contributed by atoms with van der Waals surface area (Å²) in [5, 5.41) is 3.40. The molecule has 1 unspecified atom stereocenters. The van der Waals surface area contributed by atoms with Crippen molar-refractivity contribution < 1.29 is 0 Å². The van der Waals surface area contributed by atoms with Gasteiger partial charge in [0.05, 0.1) is 0 Å². The Hall–Kier alpha value is 1.18. The van der Waals surface area contributed by atoms with Gasteiger partial charge in [0.2, 0.25) is 0 Å². The Morgan fingerprint density at radius 2 is 1.62 bits per heavy atom. The summed E-state index contributed by atoms with van der Waals surface area (Å²) < 4.78 is 0.540. The van der Waals surface area contributed by atoms with Crippen LogP contribution in [0.4, 0.5) is 0 Å². The van der Waals surface area contributed by atoms with E-state index in [9.17, 15) is 0 Å². The van der Waals surface area contributed by atoms with E-state index in [-0.39, 0.29) is 0 Å². The molecule has 1 nitrogen and oxygen atoms in total. The minimum Gasteiger partial charge on any atom is -0.343 e. The summed E-state index contributed by atoms with van der Waals surface area (Å²) in [7, 11) is 2.75. The molecule has 0 fully saturated rings. The third-order valence-electron chi connectivity index (χ3n) is 2.12. The molecule has 0 aromatic carbocycles. The number of hydrogen-bond donors (Lipinski definition) is 1. The molecule has 0 spiro atoms. The maximum absolute atomic E-state index is 3.40. The zero-order valence-corrected chi connectivity index (χ0v) is 12.0.